The number of H-pyrrole nitrogens is 1. The lowest BCUT2D eigenvalue weighted by Crippen LogP contribution is -2.39. The number of pyridine rings is 1. The molecule has 2 atom stereocenters. The van der Waals surface area contributed by atoms with Gasteiger partial charge in [-0.1, -0.05) is 48.1 Å². The van der Waals surface area contributed by atoms with Gasteiger partial charge in [-0.3, -0.25) is 4.79 Å². The second-order valence-corrected chi connectivity index (χ2v) is 8.21. The first kappa shape index (κ1) is 23.0. The molecule has 0 fully saturated rings. The first-order valence-corrected chi connectivity index (χ1v) is 11.6. The Kier molecular flexibility index (Phi) is 6.57. The molecule has 3 N–H and O–H groups in total. The van der Waals surface area contributed by atoms with E-state index in [4.69, 9.17) is 9.47 Å². The van der Waals surface area contributed by atoms with Gasteiger partial charge in [-0.05, 0) is 46.7 Å². The van der Waals surface area contributed by atoms with Crippen LogP contribution in [-0.2, 0) is 11.4 Å². The fourth-order valence-electron chi connectivity index (χ4n) is 4.17. The Labute approximate surface area is 208 Å². The minimum absolute atomic E-state index is 0.249. The number of hydrogen-bond acceptors (Lipinski definition) is 7. The maximum atomic E-state index is 13.5. The normalized spacial score (nSPS) is 16.5. The molecule has 4 aromatic rings. The summed E-state index contributed by atoms with van der Waals surface area (Å²) in [6.07, 6.45) is 3.48. The number of carbonyl (C=O) groups excluding carboxylic acids is 1. The van der Waals surface area contributed by atoms with Gasteiger partial charge in [-0.15, -0.1) is 0 Å². The van der Waals surface area contributed by atoms with Gasteiger partial charge in [-0.25, -0.2) is 9.67 Å². The van der Waals surface area contributed by atoms with E-state index in [-0.39, 0.29) is 5.91 Å². The summed E-state index contributed by atoms with van der Waals surface area (Å²) in [5.41, 5.74) is 2.95. The predicted molar refractivity (Wildman–Crippen MR) is 132 cm³/mol. The number of aromatic nitrogens is 5. The van der Waals surface area contributed by atoms with Gasteiger partial charge in [0.05, 0.1) is 12.6 Å². The summed E-state index contributed by atoms with van der Waals surface area (Å²) in [5.74, 6) is 0.633. The number of fused-ring (bicyclic) bond motifs is 1. The second kappa shape index (κ2) is 10.3. The Morgan fingerprint density at radius 1 is 1.14 bits per heavy atom. The van der Waals surface area contributed by atoms with Gasteiger partial charge in [0.15, 0.2) is 23.9 Å². The van der Waals surface area contributed by atoms with Crippen molar-refractivity contribution in [2.24, 2.45) is 5.92 Å². The highest BCUT2D eigenvalue weighted by Gasteiger charge is 2.40. The zero-order valence-corrected chi connectivity index (χ0v) is 19.7. The molecule has 1 aliphatic heterocycles. The van der Waals surface area contributed by atoms with Crippen molar-refractivity contribution in [2.75, 3.05) is 17.2 Å². The van der Waals surface area contributed by atoms with E-state index in [2.05, 4.69) is 37.7 Å². The van der Waals surface area contributed by atoms with E-state index in [9.17, 15) is 4.79 Å². The third kappa shape index (κ3) is 4.74. The SMILES string of the molecule is C=C1Nc2nnnn2C(c2ccc(OCc3ccccc3)c(OCC)c2)C1C(=O)Nc1ccc[nH+]c1. The van der Waals surface area contributed by atoms with E-state index >= 15 is 0 Å². The van der Waals surface area contributed by atoms with Gasteiger partial charge in [0.25, 0.3) is 0 Å². The standard InChI is InChI=1S/C26H25N7O3/c1-3-35-22-14-19(11-12-21(22)36-16-18-8-5-4-6-9-18)24-23(17(2)28-26-30-31-32-33(24)26)25(34)29-20-10-7-13-27-15-20/h4-15,23-24H,2-3,16H2,1H3,(H,29,34)(H,28,30,32)/p+1. The average Bonchev–Trinajstić information content (AvgIpc) is 3.36. The van der Waals surface area contributed by atoms with Crippen LogP contribution in [0.25, 0.3) is 0 Å². The van der Waals surface area contributed by atoms with Crippen LogP contribution in [0.5, 0.6) is 11.5 Å². The highest BCUT2D eigenvalue weighted by atomic mass is 16.5. The van der Waals surface area contributed by atoms with Gasteiger partial charge in [-0.2, -0.15) is 0 Å². The molecule has 1 aliphatic rings. The minimum atomic E-state index is -0.702. The number of hydrogen-bond donors (Lipinski definition) is 2. The fraction of sp³-hybridized carbons (Fsp3) is 0.192. The number of benzene rings is 2. The zero-order chi connectivity index (χ0) is 24.9. The van der Waals surface area contributed by atoms with Gasteiger partial charge in [0, 0.05) is 11.8 Å². The number of nitrogens with one attached hydrogen (secondary N) is 3. The lowest BCUT2D eigenvalue weighted by molar-refractivity contribution is -0.377. The monoisotopic (exact) mass is 484 g/mol. The molecule has 36 heavy (non-hydrogen) atoms. The van der Waals surface area contributed by atoms with E-state index in [1.165, 1.54) is 0 Å². The van der Waals surface area contributed by atoms with Crippen LogP contribution in [0.1, 0.15) is 24.1 Å². The number of carbonyl (C=O) groups is 1. The summed E-state index contributed by atoms with van der Waals surface area (Å²) in [7, 11) is 0. The average molecular weight is 485 g/mol. The van der Waals surface area contributed by atoms with Gasteiger partial charge < -0.3 is 20.1 Å². The Balaban J connectivity index is 1.48. The Morgan fingerprint density at radius 2 is 2.00 bits per heavy atom. The molecule has 2 unspecified atom stereocenters. The van der Waals surface area contributed by atoms with E-state index in [1.54, 1.807) is 23.1 Å². The van der Waals surface area contributed by atoms with E-state index in [0.29, 0.717) is 42.0 Å². The molecular weight excluding hydrogens is 458 g/mol. The van der Waals surface area contributed by atoms with Crippen molar-refractivity contribution in [1.82, 2.24) is 20.2 Å². The Morgan fingerprint density at radius 3 is 2.78 bits per heavy atom. The quantitative estimate of drug-likeness (QED) is 0.394. The van der Waals surface area contributed by atoms with Crippen LogP contribution < -0.4 is 25.1 Å². The van der Waals surface area contributed by atoms with Crippen LogP contribution >= 0.6 is 0 Å². The van der Waals surface area contributed by atoms with Crippen molar-refractivity contribution in [3.63, 3.8) is 0 Å². The number of anilines is 2. The van der Waals surface area contributed by atoms with Crippen molar-refractivity contribution >= 4 is 17.5 Å². The molecule has 0 radical (unpaired) electrons. The van der Waals surface area contributed by atoms with Crippen molar-refractivity contribution in [2.45, 2.75) is 19.6 Å². The fourth-order valence-corrected chi connectivity index (χ4v) is 4.17. The first-order valence-electron chi connectivity index (χ1n) is 11.6. The van der Waals surface area contributed by atoms with Crippen molar-refractivity contribution < 1.29 is 19.3 Å². The maximum absolute atomic E-state index is 13.5. The smallest absolute Gasteiger partial charge is 0.247 e. The number of amides is 1. The van der Waals surface area contributed by atoms with E-state index < -0.39 is 12.0 Å². The van der Waals surface area contributed by atoms with Gasteiger partial charge in [0.1, 0.15) is 18.2 Å². The summed E-state index contributed by atoms with van der Waals surface area (Å²) in [6, 6.07) is 18.6. The van der Waals surface area contributed by atoms with Crippen LogP contribution in [0.3, 0.4) is 0 Å². The first-order chi connectivity index (χ1) is 17.6. The highest BCUT2D eigenvalue weighted by molar-refractivity contribution is 5.95. The van der Waals surface area contributed by atoms with E-state index in [0.717, 1.165) is 11.1 Å². The molecule has 0 bridgehead atoms. The largest absolute Gasteiger partial charge is 0.490 e. The van der Waals surface area contributed by atoms with Crippen molar-refractivity contribution in [3.8, 4) is 11.5 Å². The lowest BCUT2D eigenvalue weighted by atomic mass is 9.88. The molecule has 2 aromatic carbocycles. The Hall–Kier alpha value is -4.73. The highest BCUT2D eigenvalue weighted by Crippen LogP contribution is 2.40. The van der Waals surface area contributed by atoms with Crippen molar-refractivity contribution in [1.29, 1.82) is 0 Å². The van der Waals surface area contributed by atoms with Crippen molar-refractivity contribution in [3.05, 3.63) is 96.5 Å². The van der Waals surface area contributed by atoms with Crippen LogP contribution in [-0.4, -0.2) is 32.7 Å². The molecule has 1 amide bonds. The number of ether oxygens (including phenoxy) is 2. The zero-order valence-electron chi connectivity index (χ0n) is 19.7. The second-order valence-electron chi connectivity index (χ2n) is 8.21. The number of aromatic amines is 1. The van der Waals surface area contributed by atoms with Crippen LogP contribution in [0.4, 0.5) is 11.6 Å². The lowest BCUT2D eigenvalue weighted by Gasteiger charge is -2.33. The topological polar surface area (TPSA) is 117 Å². The number of rotatable bonds is 8. The van der Waals surface area contributed by atoms with Crippen LogP contribution in [0.2, 0.25) is 0 Å². The maximum Gasteiger partial charge on any atom is 0.247 e. The molecule has 2 aromatic heterocycles. The summed E-state index contributed by atoms with van der Waals surface area (Å²) < 4.78 is 13.6. The Bertz CT molecular complexity index is 1360. The summed E-state index contributed by atoms with van der Waals surface area (Å²) >= 11 is 0. The number of tetrazole rings is 1. The molecule has 10 heteroatoms. The molecule has 3 heterocycles. The summed E-state index contributed by atoms with van der Waals surface area (Å²) in [5, 5.41) is 18.0. The minimum Gasteiger partial charge on any atom is -0.490 e. The molecule has 0 spiro atoms. The number of nitrogens with zero attached hydrogens (tertiary/aromatic N) is 4. The van der Waals surface area contributed by atoms with Crippen LogP contribution in [0.15, 0.2) is 85.3 Å². The third-order valence-electron chi connectivity index (χ3n) is 5.82. The van der Waals surface area contributed by atoms with Crippen LogP contribution in [0, 0.1) is 5.92 Å². The molecule has 182 valence electrons. The molecule has 0 saturated carbocycles. The van der Waals surface area contributed by atoms with Gasteiger partial charge in [0.2, 0.25) is 11.9 Å². The van der Waals surface area contributed by atoms with Gasteiger partial charge >= 0.3 is 0 Å². The summed E-state index contributed by atoms with van der Waals surface area (Å²) in [6.45, 7) is 6.87. The molecule has 10 nitrogen and oxygen atoms in total. The molecular formula is C26H26N7O3+. The summed E-state index contributed by atoms with van der Waals surface area (Å²) in [4.78, 5) is 16.4. The molecule has 0 aliphatic carbocycles. The third-order valence-corrected chi connectivity index (χ3v) is 5.82. The van der Waals surface area contributed by atoms with E-state index in [1.807, 2.05) is 61.5 Å². The molecule has 0 saturated heterocycles. The molecule has 5 rings (SSSR count). The predicted octanol–water partition coefficient (Wildman–Crippen LogP) is 3.25.